The number of aryl methyl sites for hydroxylation is 2. The molecule has 0 bridgehead atoms. The lowest BCUT2D eigenvalue weighted by atomic mass is 9.85. The first-order chi connectivity index (χ1) is 21.2. The van der Waals surface area contributed by atoms with E-state index in [-0.39, 0.29) is 37.6 Å². The monoisotopic (exact) mass is 664 g/mol. The molecule has 45 heavy (non-hydrogen) atoms. The van der Waals surface area contributed by atoms with Crippen LogP contribution in [0.15, 0.2) is 41.6 Å². The van der Waals surface area contributed by atoms with Gasteiger partial charge in [-0.15, -0.1) is 12.4 Å². The van der Waals surface area contributed by atoms with Gasteiger partial charge in [0, 0.05) is 50.2 Å². The number of rotatable bonds is 12. The van der Waals surface area contributed by atoms with Crippen molar-refractivity contribution in [2.75, 3.05) is 66.2 Å². The zero-order valence-corrected chi connectivity index (χ0v) is 28.5. The van der Waals surface area contributed by atoms with E-state index in [0.29, 0.717) is 67.3 Å². The molecule has 3 aliphatic heterocycles. The van der Waals surface area contributed by atoms with E-state index in [1.807, 2.05) is 17.2 Å². The minimum Gasteiger partial charge on any atom is -0.497 e. The van der Waals surface area contributed by atoms with Crippen molar-refractivity contribution in [2.45, 2.75) is 75.3 Å². The Hall–Kier alpha value is -2.28. The first kappa shape index (κ1) is 35.6. The van der Waals surface area contributed by atoms with Crippen LogP contribution in [-0.4, -0.2) is 106 Å². The summed E-state index contributed by atoms with van der Waals surface area (Å²) in [6, 6.07) is 7.22. The van der Waals surface area contributed by atoms with Gasteiger partial charge < -0.3 is 24.0 Å². The highest BCUT2D eigenvalue weighted by Crippen LogP contribution is 2.37. The number of pyridine rings is 1. The van der Waals surface area contributed by atoms with Crippen LogP contribution in [0.1, 0.15) is 61.6 Å². The molecule has 250 valence electrons. The molecule has 4 heterocycles. The van der Waals surface area contributed by atoms with E-state index in [1.54, 1.807) is 43.6 Å². The number of amides is 1. The fraction of sp³-hybridized carbons (Fsp3) is 0.636. The fourth-order valence-electron chi connectivity index (χ4n) is 7.03. The number of nitrogens with zero attached hydrogens (tertiary/aromatic N) is 4. The minimum atomic E-state index is -3.74. The van der Waals surface area contributed by atoms with Gasteiger partial charge in [-0.25, -0.2) is 8.42 Å². The van der Waals surface area contributed by atoms with E-state index in [1.165, 1.54) is 12.8 Å². The lowest BCUT2D eigenvalue weighted by Crippen LogP contribution is -2.49. The number of carbonyl (C=O) groups is 1. The predicted molar refractivity (Wildman–Crippen MR) is 175 cm³/mol. The molecule has 3 aliphatic rings. The highest BCUT2D eigenvalue weighted by atomic mass is 35.5. The number of piperidine rings is 2. The third-order valence-corrected chi connectivity index (χ3v) is 11.7. The molecular formula is C33H49ClN4O6S. The Kier molecular flexibility index (Phi) is 12.7. The number of likely N-dealkylation sites (tertiary alicyclic amines) is 2. The Morgan fingerprint density at radius 3 is 2.36 bits per heavy atom. The quantitative estimate of drug-likeness (QED) is 0.331. The highest BCUT2D eigenvalue weighted by Gasteiger charge is 2.39. The van der Waals surface area contributed by atoms with Crippen LogP contribution in [0.3, 0.4) is 0 Å². The van der Waals surface area contributed by atoms with Crippen molar-refractivity contribution < 1.29 is 27.4 Å². The molecule has 2 aromatic rings. The van der Waals surface area contributed by atoms with E-state index >= 15 is 0 Å². The van der Waals surface area contributed by atoms with E-state index in [4.69, 9.17) is 14.2 Å². The van der Waals surface area contributed by atoms with E-state index in [0.717, 1.165) is 38.0 Å². The summed E-state index contributed by atoms with van der Waals surface area (Å²) in [5, 5.41) is 0. The molecule has 0 spiro atoms. The number of benzene rings is 1. The van der Waals surface area contributed by atoms with E-state index < -0.39 is 15.6 Å². The Balaban J connectivity index is 0.00000461. The second-order valence-electron chi connectivity index (χ2n) is 12.4. The first-order valence-electron chi connectivity index (χ1n) is 16.0. The SMILES string of the molecule is COc1cc(C)c(S(=O)(=O)N2CCCCC2COCC(=O)N2CCC(OCCN3CCCC3)(c3cccnc3)CC2)c(C)c1.Cl. The van der Waals surface area contributed by atoms with Crippen LogP contribution in [0.5, 0.6) is 5.75 Å². The van der Waals surface area contributed by atoms with Crippen LogP contribution in [0.2, 0.25) is 0 Å². The zero-order valence-electron chi connectivity index (χ0n) is 26.9. The summed E-state index contributed by atoms with van der Waals surface area (Å²) >= 11 is 0. The highest BCUT2D eigenvalue weighted by molar-refractivity contribution is 7.89. The molecule has 1 unspecified atom stereocenters. The number of halogens is 1. The minimum absolute atomic E-state index is 0. The summed E-state index contributed by atoms with van der Waals surface area (Å²) in [6.07, 6.45) is 9.98. The third kappa shape index (κ3) is 8.36. The largest absolute Gasteiger partial charge is 0.497 e. The smallest absolute Gasteiger partial charge is 0.248 e. The van der Waals surface area contributed by atoms with Crippen molar-refractivity contribution in [3.63, 3.8) is 0 Å². The molecule has 0 aliphatic carbocycles. The standard InChI is InChI=1S/C33H48N4O6S.ClH/c1-26-21-30(41-3)22-27(2)32(26)44(39,40)37-16-5-4-10-29(37)24-42-25-31(38)36-17-11-33(12-18-36,28-9-8-13-34-23-28)43-20-19-35-14-6-7-15-35;/h8-9,13,21-23,29H,4-7,10-12,14-20,24-25H2,1-3H3;1H. The fourth-order valence-corrected chi connectivity index (χ4v) is 9.12. The lowest BCUT2D eigenvalue weighted by molar-refractivity contribution is -0.145. The third-order valence-electron chi connectivity index (χ3n) is 9.44. The summed E-state index contributed by atoms with van der Waals surface area (Å²) in [6.45, 7) is 9.15. The van der Waals surface area contributed by atoms with Crippen LogP contribution in [-0.2, 0) is 29.9 Å². The summed E-state index contributed by atoms with van der Waals surface area (Å²) < 4.78 is 47.1. The Morgan fingerprint density at radius 1 is 1.02 bits per heavy atom. The van der Waals surface area contributed by atoms with Crippen LogP contribution >= 0.6 is 12.4 Å². The molecular weight excluding hydrogens is 616 g/mol. The van der Waals surface area contributed by atoms with Gasteiger partial charge in [0.15, 0.2) is 0 Å². The molecule has 1 aromatic carbocycles. The molecule has 1 amide bonds. The predicted octanol–water partition coefficient (Wildman–Crippen LogP) is 4.32. The van der Waals surface area contributed by atoms with Gasteiger partial charge in [-0.2, -0.15) is 4.31 Å². The Bertz CT molecular complexity index is 1340. The molecule has 0 saturated carbocycles. The molecule has 1 atom stereocenters. The van der Waals surface area contributed by atoms with Crippen molar-refractivity contribution in [1.29, 1.82) is 0 Å². The van der Waals surface area contributed by atoms with Gasteiger partial charge in [0.05, 0.1) is 30.8 Å². The van der Waals surface area contributed by atoms with Gasteiger partial charge in [0.2, 0.25) is 15.9 Å². The number of aromatic nitrogens is 1. The van der Waals surface area contributed by atoms with Crippen LogP contribution in [0, 0.1) is 13.8 Å². The van der Waals surface area contributed by atoms with Crippen LogP contribution in [0.25, 0.3) is 0 Å². The maximum absolute atomic E-state index is 13.8. The molecule has 0 radical (unpaired) electrons. The number of carbonyl (C=O) groups excluding carboxylic acids is 1. The second kappa shape index (κ2) is 16.0. The van der Waals surface area contributed by atoms with Gasteiger partial charge in [0.25, 0.3) is 0 Å². The van der Waals surface area contributed by atoms with Crippen LogP contribution in [0.4, 0.5) is 0 Å². The molecule has 10 nitrogen and oxygen atoms in total. The number of methoxy groups -OCH3 is 1. The maximum Gasteiger partial charge on any atom is 0.248 e. The van der Waals surface area contributed by atoms with Crippen molar-refractivity contribution in [1.82, 2.24) is 19.1 Å². The average Bonchev–Trinajstić information content (AvgIpc) is 3.55. The van der Waals surface area contributed by atoms with Gasteiger partial charge >= 0.3 is 0 Å². The average molecular weight is 665 g/mol. The lowest BCUT2D eigenvalue weighted by Gasteiger charge is -2.42. The molecule has 5 rings (SSSR count). The van der Waals surface area contributed by atoms with Crippen molar-refractivity contribution in [3.8, 4) is 5.75 Å². The van der Waals surface area contributed by atoms with Crippen molar-refractivity contribution in [3.05, 3.63) is 53.3 Å². The number of hydrogen-bond donors (Lipinski definition) is 0. The van der Waals surface area contributed by atoms with Crippen molar-refractivity contribution in [2.24, 2.45) is 0 Å². The van der Waals surface area contributed by atoms with Gasteiger partial charge in [0.1, 0.15) is 12.4 Å². The summed E-state index contributed by atoms with van der Waals surface area (Å²) in [7, 11) is -2.16. The molecule has 12 heteroatoms. The first-order valence-corrected chi connectivity index (χ1v) is 17.5. The van der Waals surface area contributed by atoms with Crippen molar-refractivity contribution >= 4 is 28.3 Å². The van der Waals surface area contributed by atoms with Crippen LogP contribution < -0.4 is 4.74 Å². The second-order valence-corrected chi connectivity index (χ2v) is 14.2. The zero-order chi connectivity index (χ0) is 31.2. The number of ether oxygens (including phenoxy) is 3. The molecule has 1 aromatic heterocycles. The Morgan fingerprint density at radius 2 is 1.71 bits per heavy atom. The van der Waals surface area contributed by atoms with Gasteiger partial charge in [-0.1, -0.05) is 12.5 Å². The van der Waals surface area contributed by atoms with E-state index in [9.17, 15) is 13.2 Å². The Labute approximate surface area is 274 Å². The van der Waals surface area contributed by atoms with E-state index in [2.05, 4.69) is 16.0 Å². The normalized spacial score (nSPS) is 21.0. The summed E-state index contributed by atoms with van der Waals surface area (Å²) in [4.78, 5) is 22.2. The summed E-state index contributed by atoms with van der Waals surface area (Å²) in [5.41, 5.74) is 1.93. The molecule has 3 saturated heterocycles. The summed E-state index contributed by atoms with van der Waals surface area (Å²) in [5.74, 6) is 0.564. The number of sulfonamides is 1. The van der Waals surface area contributed by atoms with Gasteiger partial charge in [-0.05, 0) is 94.8 Å². The topological polar surface area (TPSA) is 102 Å². The maximum atomic E-state index is 13.8. The molecule has 0 N–H and O–H groups in total. The molecule has 3 fully saturated rings. The number of hydrogen-bond acceptors (Lipinski definition) is 8. The van der Waals surface area contributed by atoms with Gasteiger partial charge in [-0.3, -0.25) is 9.78 Å².